The predicted molar refractivity (Wildman–Crippen MR) is 63.3 cm³/mol. The van der Waals surface area contributed by atoms with E-state index in [0.717, 1.165) is 38.8 Å². The molecule has 104 valence electrons. The van der Waals surface area contributed by atoms with Gasteiger partial charge >= 0.3 is 6.16 Å². The molecule has 18 heavy (non-hydrogen) atoms. The van der Waals surface area contributed by atoms with Crippen LogP contribution in [0.5, 0.6) is 0 Å². The van der Waals surface area contributed by atoms with Crippen molar-refractivity contribution >= 4 is 12.1 Å². The Hall–Kier alpha value is -1.34. The number of hydrogen-bond donors (Lipinski definition) is 4. The number of nitrogens with two attached hydrogens (primary N) is 1. The van der Waals surface area contributed by atoms with Gasteiger partial charge in [-0.15, -0.1) is 0 Å². The number of carbonyl (C=O) groups is 2. The van der Waals surface area contributed by atoms with E-state index in [-0.39, 0.29) is 18.1 Å². The van der Waals surface area contributed by atoms with Gasteiger partial charge in [-0.1, -0.05) is 0 Å². The summed E-state index contributed by atoms with van der Waals surface area (Å²) in [6.07, 6.45) is 2.25. The number of carbonyl (C=O) groups excluding carboxylic acids is 1. The molecule has 0 radical (unpaired) electrons. The molecule has 0 spiro atoms. The highest BCUT2D eigenvalue weighted by molar-refractivity contribution is 5.79. The maximum atomic E-state index is 10.9. The van der Waals surface area contributed by atoms with E-state index in [1.165, 1.54) is 0 Å². The average molecular weight is 260 g/mol. The van der Waals surface area contributed by atoms with E-state index in [9.17, 15) is 4.79 Å². The summed E-state index contributed by atoms with van der Waals surface area (Å²) in [4.78, 5) is 19.5. The smallest absolute Gasteiger partial charge is 0.450 e. The molecular weight excluding hydrogens is 240 g/mol. The first kappa shape index (κ1) is 14.7. The Bertz CT molecular complexity index is 287. The Balaban J connectivity index is 0.000000357. The summed E-state index contributed by atoms with van der Waals surface area (Å²) in [6.45, 7) is 2.15. The highest BCUT2D eigenvalue weighted by atomic mass is 16.6. The maximum Gasteiger partial charge on any atom is 0.503 e. The summed E-state index contributed by atoms with van der Waals surface area (Å²) in [7, 11) is 0. The maximum absolute atomic E-state index is 10.9. The summed E-state index contributed by atoms with van der Waals surface area (Å²) >= 11 is 0. The van der Waals surface area contributed by atoms with Gasteiger partial charge in [0, 0.05) is 0 Å². The molecule has 0 aliphatic carbocycles. The molecule has 7 nitrogen and oxygen atoms in total. The van der Waals surface area contributed by atoms with Crippen molar-refractivity contribution in [3.8, 4) is 0 Å². The second-order valence-corrected chi connectivity index (χ2v) is 4.51. The van der Waals surface area contributed by atoms with Crippen LogP contribution in [0.3, 0.4) is 0 Å². The number of hydrogen-bond acceptors (Lipinski definition) is 4. The van der Waals surface area contributed by atoms with E-state index in [2.05, 4.69) is 5.32 Å². The van der Waals surface area contributed by atoms with E-state index in [4.69, 9.17) is 25.5 Å². The molecule has 2 heterocycles. The van der Waals surface area contributed by atoms with Crippen molar-refractivity contribution in [3.63, 3.8) is 0 Å². The van der Waals surface area contributed by atoms with Crippen LogP contribution in [0.2, 0.25) is 0 Å². The van der Waals surface area contributed by atoms with Crippen LogP contribution in [-0.2, 0) is 9.53 Å². The normalized spacial score (nSPS) is 28.2. The second kappa shape index (κ2) is 7.17. The number of ether oxygens (including phenoxy) is 1. The Morgan fingerprint density at radius 1 is 1.11 bits per heavy atom. The molecule has 5 N–H and O–H groups in total. The van der Waals surface area contributed by atoms with Gasteiger partial charge in [0.15, 0.2) is 0 Å². The van der Waals surface area contributed by atoms with Gasteiger partial charge in [0.25, 0.3) is 0 Å². The lowest BCUT2D eigenvalue weighted by molar-refractivity contribution is -0.130. The second-order valence-electron chi connectivity index (χ2n) is 4.51. The van der Waals surface area contributed by atoms with E-state index in [0.29, 0.717) is 5.92 Å². The zero-order valence-electron chi connectivity index (χ0n) is 10.2. The number of nitrogens with one attached hydrogen (secondary N) is 1. The van der Waals surface area contributed by atoms with Gasteiger partial charge in [-0.2, -0.15) is 0 Å². The average Bonchev–Trinajstić information content (AvgIpc) is 2.79. The van der Waals surface area contributed by atoms with Crippen molar-refractivity contribution in [2.24, 2.45) is 11.7 Å². The first-order valence-electron chi connectivity index (χ1n) is 6.08. The third-order valence-electron chi connectivity index (χ3n) is 3.28. The number of primary amides is 1. The van der Waals surface area contributed by atoms with Crippen molar-refractivity contribution in [1.29, 1.82) is 0 Å². The lowest BCUT2D eigenvalue weighted by Gasteiger charge is -2.27. The van der Waals surface area contributed by atoms with Gasteiger partial charge in [0.05, 0.1) is 6.10 Å². The van der Waals surface area contributed by atoms with Gasteiger partial charge in [0.1, 0.15) is 6.10 Å². The summed E-state index contributed by atoms with van der Waals surface area (Å²) in [5.41, 5.74) is 5.21. The van der Waals surface area contributed by atoms with Crippen molar-refractivity contribution in [3.05, 3.63) is 0 Å². The van der Waals surface area contributed by atoms with Gasteiger partial charge in [-0.3, -0.25) is 4.79 Å². The minimum absolute atomic E-state index is 0.273. The molecule has 0 aromatic carbocycles. The molecular formula is C11H20N2O5. The molecule has 0 saturated carbocycles. The van der Waals surface area contributed by atoms with E-state index >= 15 is 0 Å². The zero-order valence-corrected chi connectivity index (χ0v) is 10.2. The highest BCUT2D eigenvalue weighted by Crippen LogP contribution is 2.29. The van der Waals surface area contributed by atoms with Crippen LogP contribution in [0, 0.1) is 5.92 Å². The Morgan fingerprint density at radius 2 is 1.67 bits per heavy atom. The summed E-state index contributed by atoms with van der Waals surface area (Å²) in [6, 6.07) is 0. The lowest BCUT2D eigenvalue weighted by Crippen LogP contribution is -2.35. The van der Waals surface area contributed by atoms with Crippen LogP contribution in [0.1, 0.15) is 25.7 Å². The summed E-state index contributed by atoms with van der Waals surface area (Å²) in [5.74, 6) is 0.321. The van der Waals surface area contributed by atoms with Crippen LogP contribution in [-0.4, -0.2) is 47.6 Å². The first-order valence-corrected chi connectivity index (χ1v) is 6.08. The number of piperidine rings is 1. The number of rotatable bonds is 2. The zero-order chi connectivity index (χ0) is 13.5. The third kappa shape index (κ3) is 4.89. The van der Waals surface area contributed by atoms with Gasteiger partial charge < -0.3 is 26.0 Å². The first-order chi connectivity index (χ1) is 8.50. The topological polar surface area (TPSA) is 122 Å². The van der Waals surface area contributed by atoms with Crippen molar-refractivity contribution in [2.75, 3.05) is 13.1 Å². The predicted octanol–water partition coefficient (Wildman–Crippen LogP) is 0.241. The monoisotopic (exact) mass is 260 g/mol. The third-order valence-corrected chi connectivity index (χ3v) is 3.28. The SMILES string of the molecule is NC(=O)[C@@H]1CC[C@H](C2CCNCC2)O1.O=C(O)O. The molecule has 2 saturated heterocycles. The Labute approximate surface area is 105 Å². The minimum atomic E-state index is -1.83. The van der Waals surface area contributed by atoms with E-state index in [1.807, 2.05) is 0 Å². The molecule has 1 amide bonds. The summed E-state index contributed by atoms with van der Waals surface area (Å²) in [5, 5.41) is 17.3. The Morgan fingerprint density at radius 3 is 2.11 bits per heavy atom. The summed E-state index contributed by atoms with van der Waals surface area (Å²) < 4.78 is 5.66. The molecule has 7 heteroatoms. The highest BCUT2D eigenvalue weighted by Gasteiger charge is 2.34. The van der Waals surface area contributed by atoms with Crippen LogP contribution in [0.25, 0.3) is 0 Å². The van der Waals surface area contributed by atoms with Crippen LogP contribution in [0.15, 0.2) is 0 Å². The molecule has 2 atom stereocenters. The molecule has 2 aliphatic rings. The lowest BCUT2D eigenvalue weighted by atomic mass is 9.91. The molecule has 0 unspecified atom stereocenters. The fraction of sp³-hybridized carbons (Fsp3) is 0.818. The van der Waals surface area contributed by atoms with Gasteiger partial charge in [0.2, 0.25) is 5.91 Å². The quantitative estimate of drug-likeness (QED) is 0.564. The fourth-order valence-electron chi connectivity index (χ4n) is 2.43. The van der Waals surface area contributed by atoms with Crippen LogP contribution in [0.4, 0.5) is 4.79 Å². The van der Waals surface area contributed by atoms with Crippen LogP contribution >= 0.6 is 0 Å². The standard InChI is InChI=1S/C10H18N2O2.CH2O3/c11-10(13)9-2-1-8(14-9)7-3-5-12-6-4-7;2-1(3)4/h7-9,12H,1-6H2,(H2,11,13);(H2,2,3,4)/t8-,9+;/m1./s1. The number of carboxylic acid groups (broad SMARTS) is 2. The van der Waals surface area contributed by atoms with E-state index in [1.54, 1.807) is 0 Å². The van der Waals surface area contributed by atoms with Crippen molar-refractivity contribution in [2.45, 2.75) is 37.9 Å². The largest absolute Gasteiger partial charge is 0.503 e. The molecule has 2 aliphatic heterocycles. The van der Waals surface area contributed by atoms with Gasteiger partial charge in [-0.25, -0.2) is 4.79 Å². The molecule has 2 fully saturated rings. The Kier molecular flexibility index (Phi) is 5.87. The molecule has 2 rings (SSSR count). The molecule has 0 aromatic rings. The van der Waals surface area contributed by atoms with Crippen molar-refractivity contribution < 1.29 is 24.5 Å². The molecule has 0 aromatic heterocycles. The van der Waals surface area contributed by atoms with Gasteiger partial charge in [-0.05, 0) is 44.7 Å². The number of amides is 1. The fourth-order valence-corrected chi connectivity index (χ4v) is 2.43. The minimum Gasteiger partial charge on any atom is -0.450 e. The van der Waals surface area contributed by atoms with E-state index < -0.39 is 6.16 Å². The van der Waals surface area contributed by atoms with Crippen LogP contribution < -0.4 is 11.1 Å². The van der Waals surface area contributed by atoms with Crippen molar-refractivity contribution in [1.82, 2.24) is 5.32 Å². The molecule has 0 bridgehead atoms.